The first-order chi connectivity index (χ1) is 13.2. The maximum absolute atomic E-state index is 13.5. The number of rotatable bonds is 10. The number of carbonyl (C=O) groups excluding carboxylic acids is 3. The molecule has 0 spiro atoms. The number of nitrogens with one attached hydrogen (secondary N) is 1. The first-order valence-corrected chi connectivity index (χ1v) is 9.81. The highest BCUT2D eigenvalue weighted by molar-refractivity contribution is 6.12. The lowest BCUT2D eigenvalue weighted by atomic mass is 10.0. The van der Waals surface area contributed by atoms with Crippen molar-refractivity contribution in [1.29, 1.82) is 0 Å². The van der Waals surface area contributed by atoms with Crippen LogP contribution in [-0.2, 0) is 19.1 Å². The molecule has 0 aromatic heterocycles. The highest BCUT2D eigenvalue weighted by Crippen LogP contribution is 2.26. The van der Waals surface area contributed by atoms with Crippen molar-refractivity contribution in [2.75, 3.05) is 6.54 Å². The standard InChI is InChI=1S/C20H31F3N2O4/c1-13(2)17(18(28)29-19(3,4)5)24-14(20(21,22)23)9-7-6-8-12-25-15(26)10-11-16(25)27/h10-11,13-14,17,24H,6-9,12H2,1-5H3. The quantitative estimate of drug-likeness (QED) is 0.333. The van der Waals surface area contributed by atoms with E-state index in [1.165, 1.54) is 12.2 Å². The van der Waals surface area contributed by atoms with Gasteiger partial charge in [0.1, 0.15) is 17.7 Å². The zero-order chi connectivity index (χ0) is 22.4. The fourth-order valence-corrected chi connectivity index (χ4v) is 2.90. The number of hydrogen-bond donors (Lipinski definition) is 1. The van der Waals surface area contributed by atoms with Crippen molar-refractivity contribution in [2.45, 2.75) is 84.2 Å². The van der Waals surface area contributed by atoms with Gasteiger partial charge in [0.25, 0.3) is 11.8 Å². The average molecular weight is 420 g/mol. The van der Waals surface area contributed by atoms with Crippen LogP contribution in [0.3, 0.4) is 0 Å². The fraction of sp³-hybridized carbons (Fsp3) is 0.750. The predicted octanol–water partition coefficient (Wildman–Crippen LogP) is 3.36. The Balaban J connectivity index is 2.59. The molecule has 0 saturated heterocycles. The lowest BCUT2D eigenvalue weighted by Gasteiger charge is -2.31. The van der Waals surface area contributed by atoms with Crippen LogP contribution < -0.4 is 5.32 Å². The molecule has 0 aliphatic carbocycles. The highest BCUT2D eigenvalue weighted by Gasteiger charge is 2.42. The Hall–Kier alpha value is -1.90. The second-order valence-corrected chi connectivity index (χ2v) is 8.53. The molecule has 1 aliphatic rings. The molecule has 9 heteroatoms. The summed E-state index contributed by atoms with van der Waals surface area (Å²) in [7, 11) is 0. The molecule has 6 nitrogen and oxygen atoms in total. The minimum Gasteiger partial charge on any atom is -0.459 e. The van der Waals surface area contributed by atoms with Crippen LogP contribution in [0.4, 0.5) is 13.2 Å². The molecule has 0 fully saturated rings. The lowest BCUT2D eigenvalue weighted by Crippen LogP contribution is -2.53. The summed E-state index contributed by atoms with van der Waals surface area (Å²) < 4.78 is 45.7. The van der Waals surface area contributed by atoms with Gasteiger partial charge in [-0.3, -0.25) is 24.6 Å². The van der Waals surface area contributed by atoms with Crippen LogP contribution in [0.25, 0.3) is 0 Å². The van der Waals surface area contributed by atoms with E-state index in [1.54, 1.807) is 34.6 Å². The number of carbonyl (C=O) groups is 3. The number of hydrogen-bond acceptors (Lipinski definition) is 5. The molecule has 2 unspecified atom stereocenters. The Morgan fingerprint density at radius 2 is 1.62 bits per heavy atom. The SMILES string of the molecule is CC(C)C(NC(CCCCCN1C(=O)C=CC1=O)C(F)(F)F)C(=O)OC(C)(C)C. The van der Waals surface area contributed by atoms with Gasteiger partial charge in [-0.2, -0.15) is 13.2 Å². The van der Waals surface area contributed by atoms with Gasteiger partial charge in [-0.1, -0.05) is 26.7 Å². The number of nitrogens with zero attached hydrogens (tertiary/aromatic N) is 1. The predicted molar refractivity (Wildman–Crippen MR) is 102 cm³/mol. The first kappa shape index (κ1) is 25.1. The van der Waals surface area contributed by atoms with Crippen molar-refractivity contribution in [2.24, 2.45) is 5.92 Å². The van der Waals surface area contributed by atoms with Gasteiger partial charge < -0.3 is 4.74 Å². The monoisotopic (exact) mass is 420 g/mol. The van der Waals surface area contributed by atoms with Crippen molar-refractivity contribution in [3.63, 3.8) is 0 Å². The number of esters is 1. The Labute approximate surface area is 169 Å². The lowest BCUT2D eigenvalue weighted by molar-refractivity contribution is -0.170. The maximum atomic E-state index is 13.5. The third-order valence-electron chi connectivity index (χ3n) is 4.38. The maximum Gasteiger partial charge on any atom is 0.403 e. The molecule has 0 bridgehead atoms. The molecular formula is C20H31F3N2O4. The normalized spacial score (nSPS) is 17.2. The summed E-state index contributed by atoms with van der Waals surface area (Å²) in [5, 5.41) is 2.43. The van der Waals surface area contributed by atoms with E-state index in [0.29, 0.717) is 12.8 Å². The molecule has 0 aromatic rings. The zero-order valence-corrected chi connectivity index (χ0v) is 17.6. The van der Waals surface area contributed by atoms with E-state index in [2.05, 4.69) is 5.32 Å². The molecule has 1 N–H and O–H groups in total. The van der Waals surface area contributed by atoms with Crippen molar-refractivity contribution in [1.82, 2.24) is 10.2 Å². The first-order valence-electron chi connectivity index (χ1n) is 9.81. The van der Waals surface area contributed by atoms with Crippen molar-refractivity contribution in [3.8, 4) is 0 Å². The van der Waals surface area contributed by atoms with Gasteiger partial charge in [-0.05, 0) is 39.5 Å². The summed E-state index contributed by atoms with van der Waals surface area (Å²) in [6, 6.07) is -2.93. The number of alkyl halides is 3. The van der Waals surface area contributed by atoms with E-state index < -0.39 is 41.6 Å². The Kier molecular flexibility index (Phi) is 8.86. The molecule has 0 saturated carbocycles. The summed E-state index contributed by atoms with van der Waals surface area (Å²) in [4.78, 5) is 36.3. The third-order valence-corrected chi connectivity index (χ3v) is 4.38. The highest BCUT2D eigenvalue weighted by atomic mass is 19.4. The van der Waals surface area contributed by atoms with Gasteiger partial charge in [-0.15, -0.1) is 0 Å². The summed E-state index contributed by atoms with van der Waals surface area (Å²) >= 11 is 0. The van der Waals surface area contributed by atoms with E-state index in [4.69, 9.17) is 4.74 Å². The van der Waals surface area contributed by atoms with Crippen LogP contribution in [0, 0.1) is 5.92 Å². The van der Waals surface area contributed by atoms with Crippen molar-refractivity contribution in [3.05, 3.63) is 12.2 Å². The van der Waals surface area contributed by atoms with Crippen LogP contribution >= 0.6 is 0 Å². The molecule has 2 amide bonds. The number of ether oxygens (including phenoxy) is 1. The van der Waals surface area contributed by atoms with Gasteiger partial charge in [0.05, 0.1) is 0 Å². The Morgan fingerprint density at radius 1 is 1.07 bits per heavy atom. The second-order valence-electron chi connectivity index (χ2n) is 8.53. The molecule has 166 valence electrons. The molecule has 2 atom stereocenters. The molecule has 29 heavy (non-hydrogen) atoms. The summed E-state index contributed by atoms with van der Waals surface area (Å²) in [6.45, 7) is 8.49. The van der Waals surface area contributed by atoms with Crippen LogP contribution in [-0.4, -0.2) is 53.1 Å². The van der Waals surface area contributed by atoms with Gasteiger partial charge in [0.15, 0.2) is 0 Å². The second kappa shape index (κ2) is 10.2. The van der Waals surface area contributed by atoms with Gasteiger partial charge >= 0.3 is 12.1 Å². The van der Waals surface area contributed by atoms with E-state index in [9.17, 15) is 27.6 Å². The topological polar surface area (TPSA) is 75.7 Å². The van der Waals surface area contributed by atoms with E-state index in [0.717, 1.165) is 4.90 Å². The number of imide groups is 1. The fourth-order valence-electron chi connectivity index (χ4n) is 2.90. The largest absolute Gasteiger partial charge is 0.459 e. The summed E-state index contributed by atoms with van der Waals surface area (Å²) in [5.74, 6) is -1.89. The van der Waals surface area contributed by atoms with Crippen LogP contribution in [0.15, 0.2) is 12.2 Å². The average Bonchev–Trinajstić information content (AvgIpc) is 2.85. The van der Waals surface area contributed by atoms with Crippen LogP contribution in [0.2, 0.25) is 0 Å². The molecule has 0 aromatic carbocycles. The minimum absolute atomic E-state index is 0.182. The minimum atomic E-state index is -4.51. The molecular weight excluding hydrogens is 389 g/mol. The Morgan fingerprint density at radius 3 is 2.07 bits per heavy atom. The van der Waals surface area contributed by atoms with Crippen LogP contribution in [0.5, 0.6) is 0 Å². The van der Waals surface area contributed by atoms with Crippen LogP contribution in [0.1, 0.15) is 60.3 Å². The van der Waals surface area contributed by atoms with E-state index in [1.807, 2.05) is 0 Å². The molecule has 1 aliphatic heterocycles. The van der Waals surface area contributed by atoms with Crippen molar-refractivity contribution >= 4 is 17.8 Å². The summed E-state index contributed by atoms with van der Waals surface area (Å²) in [6.07, 6.45) is -1.30. The number of unbranched alkanes of at least 4 members (excludes halogenated alkanes) is 2. The van der Waals surface area contributed by atoms with Gasteiger partial charge in [0, 0.05) is 18.7 Å². The Bertz CT molecular complexity index is 606. The number of amides is 2. The van der Waals surface area contributed by atoms with Crippen molar-refractivity contribution < 1.29 is 32.3 Å². The third kappa shape index (κ3) is 8.55. The molecule has 0 radical (unpaired) electrons. The van der Waals surface area contributed by atoms with Gasteiger partial charge in [0.2, 0.25) is 0 Å². The van der Waals surface area contributed by atoms with E-state index >= 15 is 0 Å². The molecule has 1 rings (SSSR count). The molecule has 1 heterocycles. The number of halogens is 3. The summed E-state index contributed by atoms with van der Waals surface area (Å²) in [5.41, 5.74) is -0.793. The smallest absolute Gasteiger partial charge is 0.403 e. The van der Waals surface area contributed by atoms with Gasteiger partial charge in [-0.25, -0.2) is 0 Å². The zero-order valence-electron chi connectivity index (χ0n) is 17.6. The van der Waals surface area contributed by atoms with E-state index in [-0.39, 0.29) is 25.3 Å².